The van der Waals surface area contributed by atoms with Gasteiger partial charge in [0.05, 0.1) is 5.92 Å². The van der Waals surface area contributed by atoms with Crippen molar-refractivity contribution < 1.29 is 4.79 Å². The molecule has 2 saturated carbocycles. The molecule has 2 aliphatic carbocycles. The molecule has 2 unspecified atom stereocenters. The number of rotatable bonds is 2. The second-order valence-corrected chi connectivity index (χ2v) is 5.67. The van der Waals surface area contributed by atoms with E-state index in [4.69, 9.17) is 5.73 Å². The standard InChI is InChI=1S/C13H24N2O.ClH/c1-9-5-7-10(8-6-9)15-13(16)11-3-2-4-12(11)14;/h9-12H,2-8,14H2,1H3,(H,15,16);1H. The summed E-state index contributed by atoms with van der Waals surface area (Å²) in [5, 5.41) is 3.19. The van der Waals surface area contributed by atoms with E-state index in [1.807, 2.05) is 0 Å². The molecule has 100 valence electrons. The van der Waals surface area contributed by atoms with Gasteiger partial charge in [0.2, 0.25) is 5.91 Å². The number of halogens is 1. The minimum atomic E-state index is 0. The van der Waals surface area contributed by atoms with Gasteiger partial charge in [0.25, 0.3) is 0 Å². The van der Waals surface area contributed by atoms with Crippen molar-refractivity contribution in [2.75, 3.05) is 0 Å². The van der Waals surface area contributed by atoms with Crippen molar-refractivity contribution in [1.29, 1.82) is 0 Å². The maximum atomic E-state index is 12.0. The summed E-state index contributed by atoms with van der Waals surface area (Å²) in [5.74, 6) is 1.13. The summed E-state index contributed by atoms with van der Waals surface area (Å²) >= 11 is 0. The Morgan fingerprint density at radius 3 is 2.29 bits per heavy atom. The van der Waals surface area contributed by atoms with Crippen LogP contribution in [0.5, 0.6) is 0 Å². The molecule has 4 heteroatoms. The molecule has 1 amide bonds. The van der Waals surface area contributed by atoms with Crippen molar-refractivity contribution in [3.05, 3.63) is 0 Å². The molecule has 0 saturated heterocycles. The lowest BCUT2D eigenvalue weighted by Crippen LogP contribution is -2.44. The molecule has 2 aliphatic rings. The Morgan fingerprint density at radius 1 is 1.12 bits per heavy atom. The maximum absolute atomic E-state index is 12.0. The zero-order valence-corrected chi connectivity index (χ0v) is 11.5. The number of carbonyl (C=O) groups is 1. The van der Waals surface area contributed by atoms with Gasteiger partial charge in [-0.1, -0.05) is 13.3 Å². The van der Waals surface area contributed by atoms with Crippen LogP contribution in [-0.4, -0.2) is 18.0 Å². The molecule has 0 aromatic carbocycles. The fraction of sp³-hybridized carbons (Fsp3) is 0.923. The van der Waals surface area contributed by atoms with Crippen LogP contribution < -0.4 is 11.1 Å². The first-order chi connectivity index (χ1) is 7.66. The van der Waals surface area contributed by atoms with Gasteiger partial charge in [-0.3, -0.25) is 4.79 Å². The zero-order valence-electron chi connectivity index (χ0n) is 10.7. The van der Waals surface area contributed by atoms with Gasteiger partial charge in [0, 0.05) is 12.1 Å². The highest BCUT2D eigenvalue weighted by Gasteiger charge is 2.31. The summed E-state index contributed by atoms with van der Waals surface area (Å²) in [5.41, 5.74) is 5.95. The molecule has 0 bridgehead atoms. The van der Waals surface area contributed by atoms with E-state index in [0.29, 0.717) is 6.04 Å². The first kappa shape index (κ1) is 14.8. The van der Waals surface area contributed by atoms with Gasteiger partial charge in [-0.2, -0.15) is 0 Å². The van der Waals surface area contributed by atoms with E-state index in [0.717, 1.165) is 38.0 Å². The maximum Gasteiger partial charge on any atom is 0.224 e. The van der Waals surface area contributed by atoms with Crippen LogP contribution in [-0.2, 0) is 4.79 Å². The summed E-state index contributed by atoms with van der Waals surface area (Å²) in [6.07, 6.45) is 7.91. The van der Waals surface area contributed by atoms with Gasteiger partial charge in [-0.15, -0.1) is 12.4 Å². The second kappa shape index (κ2) is 6.60. The van der Waals surface area contributed by atoms with Gasteiger partial charge in [0.1, 0.15) is 0 Å². The quantitative estimate of drug-likeness (QED) is 0.800. The lowest BCUT2D eigenvalue weighted by Gasteiger charge is -2.28. The Kier molecular flexibility index (Phi) is 5.74. The Balaban J connectivity index is 0.00000144. The van der Waals surface area contributed by atoms with Gasteiger partial charge in [0.15, 0.2) is 0 Å². The molecular weight excluding hydrogens is 236 g/mol. The van der Waals surface area contributed by atoms with E-state index in [1.54, 1.807) is 0 Å². The third-order valence-electron chi connectivity index (χ3n) is 4.27. The normalized spacial score (nSPS) is 37.3. The molecule has 0 radical (unpaired) electrons. The Labute approximate surface area is 110 Å². The van der Waals surface area contributed by atoms with Crippen molar-refractivity contribution in [3.8, 4) is 0 Å². The second-order valence-electron chi connectivity index (χ2n) is 5.67. The Hall–Kier alpha value is -0.280. The molecule has 2 fully saturated rings. The molecule has 0 heterocycles. The molecule has 2 rings (SSSR count). The predicted molar refractivity (Wildman–Crippen MR) is 72.1 cm³/mol. The molecule has 3 N–H and O–H groups in total. The summed E-state index contributed by atoms with van der Waals surface area (Å²) in [7, 11) is 0. The van der Waals surface area contributed by atoms with E-state index >= 15 is 0 Å². The number of nitrogens with one attached hydrogen (secondary N) is 1. The van der Waals surface area contributed by atoms with E-state index < -0.39 is 0 Å². The van der Waals surface area contributed by atoms with Crippen LogP contribution in [0.2, 0.25) is 0 Å². The summed E-state index contributed by atoms with van der Waals surface area (Å²) in [4.78, 5) is 12.0. The molecule has 0 spiro atoms. The molecule has 2 atom stereocenters. The van der Waals surface area contributed by atoms with Crippen molar-refractivity contribution in [2.24, 2.45) is 17.6 Å². The van der Waals surface area contributed by atoms with Crippen molar-refractivity contribution >= 4 is 18.3 Å². The van der Waals surface area contributed by atoms with Crippen LogP contribution in [0.15, 0.2) is 0 Å². The van der Waals surface area contributed by atoms with E-state index in [1.165, 1.54) is 12.8 Å². The van der Waals surface area contributed by atoms with Gasteiger partial charge in [-0.05, 0) is 44.4 Å². The highest BCUT2D eigenvalue weighted by Crippen LogP contribution is 2.26. The van der Waals surface area contributed by atoms with Gasteiger partial charge < -0.3 is 11.1 Å². The van der Waals surface area contributed by atoms with Gasteiger partial charge >= 0.3 is 0 Å². The summed E-state index contributed by atoms with van der Waals surface area (Å²) in [6.45, 7) is 2.30. The average molecular weight is 261 g/mol. The van der Waals surface area contributed by atoms with Gasteiger partial charge in [-0.25, -0.2) is 0 Å². The lowest BCUT2D eigenvalue weighted by atomic mass is 9.87. The highest BCUT2D eigenvalue weighted by molar-refractivity contribution is 5.85. The minimum absolute atomic E-state index is 0. The SMILES string of the molecule is CC1CCC(NC(=O)C2CCCC2N)CC1.Cl. The number of hydrogen-bond donors (Lipinski definition) is 2. The largest absolute Gasteiger partial charge is 0.353 e. The molecular formula is C13H25ClN2O. The van der Waals surface area contributed by atoms with Crippen molar-refractivity contribution in [3.63, 3.8) is 0 Å². The molecule has 0 aromatic rings. The van der Waals surface area contributed by atoms with E-state index in [2.05, 4.69) is 12.2 Å². The molecule has 17 heavy (non-hydrogen) atoms. The number of nitrogens with two attached hydrogens (primary N) is 1. The first-order valence-corrected chi connectivity index (χ1v) is 6.72. The average Bonchev–Trinajstić information content (AvgIpc) is 2.68. The topological polar surface area (TPSA) is 55.1 Å². The van der Waals surface area contributed by atoms with Crippen LogP contribution in [0, 0.1) is 11.8 Å². The molecule has 0 aliphatic heterocycles. The third-order valence-corrected chi connectivity index (χ3v) is 4.27. The minimum Gasteiger partial charge on any atom is -0.353 e. The lowest BCUT2D eigenvalue weighted by molar-refractivity contribution is -0.126. The smallest absolute Gasteiger partial charge is 0.224 e. The van der Waals surface area contributed by atoms with Crippen LogP contribution in [0.4, 0.5) is 0 Å². The fourth-order valence-electron chi connectivity index (χ4n) is 3.03. The van der Waals surface area contributed by atoms with Crippen LogP contribution >= 0.6 is 12.4 Å². The van der Waals surface area contributed by atoms with Crippen molar-refractivity contribution in [2.45, 2.75) is 64.0 Å². The Morgan fingerprint density at radius 2 is 1.76 bits per heavy atom. The Bertz CT molecular complexity index is 252. The van der Waals surface area contributed by atoms with Crippen molar-refractivity contribution in [1.82, 2.24) is 5.32 Å². The highest BCUT2D eigenvalue weighted by atomic mass is 35.5. The number of amides is 1. The predicted octanol–water partition coefficient (Wildman–Crippen LogP) is 2.23. The first-order valence-electron chi connectivity index (χ1n) is 6.72. The number of carbonyl (C=O) groups excluding carboxylic acids is 1. The summed E-state index contributed by atoms with van der Waals surface area (Å²) < 4.78 is 0. The summed E-state index contributed by atoms with van der Waals surface area (Å²) in [6, 6.07) is 0.513. The zero-order chi connectivity index (χ0) is 11.5. The number of hydrogen-bond acceptors (Lipinski definition) is 2. The van der Waals surface area contributed by atoms with Crippen LogP contribution in [0.3, 0.4) is 0 Å². The molecule has 3 nitrogen and oxygen atoms in total. The molecule has 0 aromatic heterocycles. The van der Waals surface area contributed by atoms with E-state index in [9.17, 15) is 4.79 Å². The van der Waals surface area contributed by atoms with Crippen LogP contribution in [0.25, 0.3) is 0 Å². The van der Waals surface area contributed by atoms with E-state index in [-0.39, 0.29) is 30.3 Å². The third kappa shape index (κ3) is 3.85. The fourth-order valence-corrected chi connectivity index (χ4v) is 3.03. The monoisotopic (exact) mass is 260 g/mol. The van der Waals surface area contributed by atoms with Crippen LogP contribution in [0.1, 0.15) is 51.9 Å².